The fraction of sp³-hybridized carbons (Fsp3) is 0.468. The summed E-state index contributed by atoms with van der Waals surface area (Å²) in [5.41, 5.74) is 4.58. The summed E-state index contributed by atoms with van der Waals surface area (Å²) in [7, 11) is 0. The van der Waals surface area contributed by atoms with Gasteiger partial charge in [-0.15, -0.1) is 0 Å². The van der Waals surface area contributed by atoms with Crippen molar-refractivity contribution in [3.63, 3.8) is 0 Å². The quantitative estimate of drug-likeness (QED) is 0.0298. The van der Waals surface area contributed by atoms with Crippen molar-refractivity contribution in [1.29, 1.82) is 0 Å². The lowest BCUT2D eigenvalue weighted by molar-refractivity contribution is -0.143. The number of hydrogen-bond donors (Lipinski definition) is 4. The highest BCUT2D eigenvalue weighted by Gasteiger charge is 2.37. The molecule has 0 spiro atoms. The van der Waals surface area contributed by atoms with E-state index in [0.717, 1.165) is 43.2 Å². The third-order valence-corrected chi connectivity index (χ3v) is 14.4. The van der Waals surface area contributed by atoms with Gasteiger partial charge in [-0.3, -0.25) is 19.2 Å². The molecule has 1 aliphatic heterocycles. The number of aryl methyl sites for hydroxylation is 1. The molecule has 84 heavy (non-hydrogen) atoms. The van der Waals surface area contributed by atoms with E-state index < -0.39 is 24.1 Å². The van der Waals surface area contributed by atoms with Gasteiger partial charge in [0.2, 0.25) is 17.7 Å². The van der Waals surface area contributed by atoms with Gasteiger partial charge in [0.15, 0.2) is 11.4 Å². The predicted molar refractivity (Wildman–Crippen MR) is 308 cm³/mol. The van der Waals surface area contributed by atoms with Crippen LogP contribution in [-0.4, -0.2) is 140 Å². The first-order chi connectivity index (χ1) is 40.7. The van der Waals surface area contributed by atoms with E-state index in [4.69, 9.17) is 32.8 Å². The van der Waals surface area contributed by atoms with Crippen LogP contribution in [0.4, 0.5) is 20.3 Å². The van der Waals surface area contributed by atoms with Crippen LogP contribution in [0.15, 0.2) is 102 Å². The first-order valence-corrected chi connectivity index (χ1v) is 28.8. The zero-order valence-corrected chi connectivity index (χ0v) is 47.9. The van der Waals surface area contributed by atoms with Gasteiger partial charge in [0.05, 0.1) is 89.7 Å². The van der Waals surface area contributed by atoms with Gasteiger partial charge < -0.3 is 59.0 Å². The number of carbonyl (C=O) groups excluding carboxylic acids is 4. The largest absolute Gasteiger partial charge is 0.491 e. The molecule has 20 nitrogen and oxygen atoms in total. The number of fused-ring (bicyclic) bond motifs is 2. The Kier molecular flexibility index (Phi) is 21.6. The van der Waals surface area contributed by atoms with E-state index in [1.807, 2.05) is 51.1 Å². The third kappa shape index (κ3) is 17.7. The molecule has 9 rings (SSSR count). The molecular weight excluding hydrogens is 1080 g/mol. The minimum absolute atomic E-state index is 0.0365. The number of nitrogens with one attached hydrogen (secondary N) is 4. The van der Waals surface area contributed by atoms with Crippen LogP contribution in [0.5, 0.6) is 5.75 Å². The fourth-order valence-electron chi connectivity index (χ4n) is 9.88. The van der Waals surface area contributed by atoms with Crippen molar-refractivity contribution in [3.05, 3.63) is 137 Å². The summed E-state index contributed by atoms with van der Waals surface area (Å²) in [6.07, 6.45) is 7.07. The third-order valence-electron chi connectivity index (χ3n) is 14.4. The van der Waals surface area contributed by atoms with Crippen LogP contribution in [0, 0.1) is 11.3 Å². The van der Waals surface area contributed by atoms with E-state index in [1.165, 1.54) is 47.0 Å². The Labute approximate surface area is 487 Å². The van der Waals surface area contributed by atoms with Crippen LogP contribution in [0.1, 0.15) is 114 Å². The topological polar surface area (TPSA) is 232 Å². The number of halogens is 2. The van der Waals surface area contributed by atoms with E-state index in [-0.39, 0.29) is 59.6 Å². The molecule has 0 unspecified atom stereocenters. The molecule has 3 aromatic heterocycles. The number of rotatable bonds is 31. The molecule has 3 aromatic carbocycles. The van der Waals surface area contributed by atoms with Crippen LogP contribution < -0.4 is 26.0 Å². The van der Waals surface area contributed by atoms with Gasteiger partial charge in [0.25, 0.3) is 18.2 Å². The van der Waals surface area contributed by atoms with Gasteiger partial charge in [-0.25, -0.2) is 23.4 Å². The number of benzene rings is 3. The highest BCUT2D eigenvalue weighted by Crippen LogP contribution is 2.34. The van der Waals surface area contributed by atoms with Gasteiger partial charge in [-0.1, -0.05) is 51.1 Å². The van der Waals surface area contributed by atoms with Crippen molar-refractivity contribution in [1.82, 2.24) is 35.3 Å². The average Bonchev–Trinajstić information content (AvgIpc) is 3.93. The smallest absolute Gasteiger partial charge is 0.284 e. The van der Waals surface area contributed by atoms with E-state index in [2.05, 4.69) is 48.5 Å². The molecular formula is C62H75F2N9O11. The van der Waals surface area contributed by atoms with Gasteiger partial charge in [-0.2, -0.15) is 5.10 Å². The van der Waals surface area contributed by atoms with Crippen molar-refractivity contribution >= 4 is 35.1 Å². The first kappa shape index (κ1) is 60.9. The maximum atomic E-state index is 14.1. The molecule has 3 aliphatic rings. The normalized spacial score (nSPS) is 15.8. The molecule has 2 aliphatic carbocycles. The van der Waals surface area contributed by atoms with Crippen molar-refractivity contribution in [3.8, 4) is 22.9 Å². The number of pyridine rings is 1. The number of anilines is 2. The summed E-state index contributed by atoms with van der Waals surface area (Å²) in [6, 6.07) is 23.1. The second kappa shape index (κ2) is 29.8. The zero-order chi connectivity index (χ0) is 58.8. The lowest BCUT2D eigenvalue weighted by Crippen LogP contribution is -2.53. The molecule has 6 aromatic rings. The molecule has 22 heteroatoms. The SMILES string of the molecule is CC(C)(C)CC(=O)N1Cc2cc(OCCOCCOCCOCCOCCOCCNC(=O)c3ccc(-n4cc(NC(=O)c5coc(-c6ccnc(NCC7CC7)c6)n5)c(C(F)F)n4)cc3)ccc2C[C@H]1C(=O)N[C@@H]1CCCc2ccccc21. The highest BCUT2D eigenvalue weighted by molar-refractivity contribution is 6.03. The van der Waals surface area contributed by atoms with E-state index in [0.29, 0.717) is 120 Å². The first-order valence-electron chi connectivity index (χ1n) is 28.8. The highest BCUT2D eigenvalue weighted by atomic mass is 19.3. The number of alkyl halides is 2. The van der Waals surface area contributed by atoms with Gasteiger partial charge in [0, 0.05) is 49.8 Å². The summed E-state index contributed by atoms with van der Waals surface area (Å²) >= 11 is 0. The standard InChI is InChI=1S/C62H75F2N9O11/c1-62(2,3)36-55(74)72-38-46-33-48(18-15-44(46)34-53(72)60(77)68-50-10-6-8-42-7-4-5-9-49(42)50)83-32-31-82-30-29-81-28-27-80-26-25-79-24-23-78-22-21-66-58(75)43-13-16-47(17-14-43)73-39-51(56(71-73)57(63)64)69-59(76)52-40-84-61(70-52)45-19-20-65-54(35-45)67-37-41-11-12-41/h4-5,7,9,13-20,33,35,39-41,50,53,57H,6,8,10-12,21-32,34,36-38H2,1-3H3,(H,65,67)(H,66,75)(H,68,77)(H,69,76)/t50-,53+/m1/s1. The Balaban J connectivity index is 0.585. The molecule has 4 amide bonds. The monoisotopic (exact) mass is 1160 g/mol. The van der Waals surface area contributed by atoms with Gasteiger partial charge >= 0.3 is 0 Å². The number of nitrogens with zero attached hydrogens (tertiary/aromatic N) is 5. The van der Waals surface area contributed by atoms with E-state index >= 15 is 0 Å². The molecule has 1 fully saturated rings. The van der Waals surface area contributed by atoms with Crippen LogP contribution in [0.3, 0.4) is 0 Å². The summed E-state index contributed by atoms with van der Waals surface area (Å²) in [6.45, 7) is 11.5. The van der Waals surface area contributed by atoms with E-state index in [9.17, 15) is 28.0 Å². The van der Waals surface area contributed by atoms with Crippen LogP contribution in [0.25, 0.3) is 17.1 Å². The molecule has 0 radical (unpaired) electrons. The minimum atomic E-state index is -3.00. The number of carbonyl (C=O) groups is 4. The second-order valence-electron chi connectivity index (χ2n) is 22.2. The minimum Gasteiger partial charge on any atom is -0.491 e. The molecule has 2 atom stereocenters. The Morgan fingerprint density at radius 3 is 2.18 bits per heavy atom. The summed E-state index contributed by atoms with van der Waals surface area (Å²) < 4.78 is 69.0. The summed E-state index contributed by atoms with van der Waals surface area (Å²) in [5, 5.41) is 15.8. The van der Waals surface area contributed by atoms with Crippen molar-refractivity contribution in [2.24, 2.45) is 11.3 Å². The molecule has 0 saturated heterocycles. The Hall–Kier alpha value is -7.63. The van der Waals surface area contributed by atoms with Crippen LogP contribution >= 0.6 is 0 Å². The number of oxazole rings is 1. The van der Waals surface area contributed by atoms with E-state index in [1.54, 1.807) is 35.4 Å². The Bertz CT molecular complexity index is 3140. The summed E-state index contributed by atoms with van der Waals surface area (Å²) in [5.74, 6) is 0.887. The second-order valence-corrected chi connectivity index (χ2v) is 22.2. The molecule has 448 valence electrons. The Morgan fingerprint density at radius 1 is 0.774 bits per heavy atom. The molecule has 4 heterocycles. The molecule has 0 bridgehead atoms. The van der Waals surface area contributed by atoms with Gasteiger partial charge in [0.1, 0.15) is 30.5 Å². The maximum Gasteiger partial charge on any atom is 0.284 e. The number of aromatic nitrogens is 4. The van der Waals surface area contributed by atoms with Crippen molar-refractivity contribution < 1.29 is 60.8 Å². The number of amides is 4. The van der Waals surface area contributed by atoms with Crippen LogP contribution in [0.2, 0.25) is 0 Å². The zero-order valence-electron chi connectivity index (χ0n) is 47.9. The van der Waals surface area contributed by atoms with Crippen molar-refractivity contribution in [2.45, 2.75) is 90.8 Å². The Morgan fingerprint density at radius 2 is 1.48 bits per heavy atom. The van der Waals surface area contributed by atoms with Gasteiger partial charge in [-0.05, 0) is 114 Å². The molecule has 4 N–H and O–H groups in total. The molecule has 1 saturated carbocycles. The van der Waals surface area contributed by atoms with Crippen LogP contribution in [-0.2, 0) is 52.7 Å². The lowest BCUT2D eigenvalue weighted by Gasteiger charge is -2.38. The average molecular weight is 1160 g/mol. The van der Waals surface area contributed by atoms with Crippen molar-refractivity contribution in [2.75, 3.05) is 96.4 Å². The summed E-state index contributed by atoms with van der Waals surface area (Å²) in [4.78, 5) is 63.9. The fourth-order valence-corrected chi connectivity index (χ4v) is 9.88. The number of ether oxygens (including phenoxy) is 6. The number of hydrogen-bond acceptors (Lipinski definition) is 15. The lowest BCUT2D eigenvalue weighted by atomic mass is 9.86. The maximum absolute atomic E-state index is 14.1. The predicted octanol–water partition coefficient (Wildman–Crippen LogP) is 8.71.